The maximum absolute atomic E-state index is 11.4. The highest BCUT2D eigenvalue weighted by Crippen LogP contribution is 2.34. The van der Waals surface area contributed by atoms with Gasteiger partial charge in [0.15, 0.2) is 17.2 Å². The van der Waals surface area contributed by atoms with Crippen LogP contribution in [0, 0.1) is 11.3 Å². The van der Waals surface area contributed by atoms with Crippen LogP contribution in [0.3, 0.4) is 0 Å². The van der Waals surface area contributed by atoms with Gasteiger partial charge in [-0.3, -0.25) is 9.48 Å². The third kappa shape index (κ3) is 5.13. The fourth-order valence-corrected chi connectivity index (χ4v) is 4.71. The van der Waals surface area contributed by atoms with Crippen molar-refractivity contribution >= 4 is 34.7 Å². The van der Waals surface area contributed by atoms with Crippen LogP contribution in [-0.4, -0.2) is 48.4 Å². The number of imidazole rings is 1. The van der Waals surface area contributed by atoms with Gasteiger partial charge in [-0.1, -0.05) is 6.92 Å². The number of amides is 1. The average Bonchev–Trinajstić information content (AvgIpc) is 3.64. The topological polar surface area (TPSA) is 145 Å². The second kappa shape index (κ2) is 10.3. The lowest BCUT2D eigenvalue weighted by Crippen LogP contribution is -2.23. The molecule has 202 valence electrons. The average molecular weight is 530 g/mol. The van der Waals surface area contributed by atoms with E-state index in [9.17, 15) is 10.1 Å². The fourth-order valence-electron chi connectivity index (χ4n) is 4.71. The Kier molecular flexibility index (Phi) is 6.93. The van der Waals surface area contributed by atoms with E-state index in [0.29, 0.717) is 54.4 Å². The van der Waals surface area contributed by atoms with Gasteiger partial charge < -0.3 is 24.7 Å². The van der Waals surface area contributed by atoms with Crippen LogP contribution in [0.5, 0.6) is 11.5 Å². The molecule has 39 heavy (non-hydrogen) atoms. The molecule has 0 bridgehead atoms. The molecular formula is C27H31N9O3. The Morgan fingerprint density at radius 3 is 2.82 bits per heavy atom. The minimum Gasteiger partial charge on any atom is -0.455 e. The van der Waals surface area contributed by atoms with E-state index in [1.54, 1.807) is 24.5 Å². The van der Waals surface area contributed by atoms with E-state index in [-0.39, 0.29) is 11.9 Å². The molecule has 1 saturated heterocycles. The van der Waals surface area contributed by atoms with Crippen molar-refractivity contribution in [2.45, 2.75) is 52.0 Å². The van der Waals surface area contributed by atoms with Crippen LogP contribution in [-0.2, 0) is 28.4 Å². The molecule has 1 aliphatic rings. The van der Waals surface area contributed by atoms with Gasteiger partial charge in [-0.05, 0) is 32.8 Å². The van der Waals surface area contributed by atoms with Crippen molar-refractivity contribution in [2.75, 3.05) is 23.8 Å². The number of rotatable bonds is 8. The van der Waals surface area contributed by atoms with Crippen molar-refractivity contribution < 1.29 is 14.3 Å². The number of carbonyl (C=O) groups is 1. The smallest absolute Gasteiger partial charge is 0.222 e. The Labute approximate surface area is 226 Å². The van der Waals surface area contributed by atoms with Crippen molar-refractivity contribution in [3.05, 3.63) is 41.9 Å². The fraction of sp³-hybridized carbons (Fsp3) is 0.407. The van der Waals surface area contributed by atoms with Crippen LogP contribution in [0.1, 0.15) is 51.4 Å². The molecule has 0 aromatic carbocycles. The highest BCUT2D eigenvalue weighted by Gasteiger charge is 2.31. The molecule has 0 aliphatic carbocycles. The lowest BCUT2D eigenvalue weighted by Gasteiger charge is -2.20. The lowest BCUT2D eigenvalue weighted by molar-refractivity contribution is -0.114. The maximum Gasteiger partial charge on any atom is 0.222 e. The summed E-state index contributed by atoms with van der Waals surface area (Å²) in [7, 11) is 1.91. The molecule has 2 N–H and O–H groups in total. The standard InChI is InChI=1S/C27H31N9O3/c1-6-19-20(39-18-7-9-29-22(11-18)31-16(2)37)13-30-25-24(19)35(5)26(33-25)32-23-12-21(27(3,4)15-28)36(34-23)17-8-10-38-14-17/h7,9,11-13,17H,6,8,10,14H2,1-5H3,(H,29,31,37)(H,30,32,33,34)/t17-/m1/s1. The Morgan fingerprint density at radius 2 is 2.13 bits per heavy atom. The summed E-state index contributed by atoms with van der Waals surface area (Å²) in [5.41, 5.74) is 2.42. The molecule has 4 aromatic rings. The summed E-state index contributed by atoms with van der Waals surface area (Å²) >= 11 is 0. The Morgan fingerprint density at radius 1 is 1.31 bits per heavy atom. The van der Waals surface area contributed by atoms with Gasteiger partial charge in [0, 0.05) is 44.5 Å². The first kappa shape index (κ1) is 26.1. The molecule has 0 saturated carbocycles. The highest BCUT2D eigenvalue weighted by molar-refractivity contribution is 5.87. The van der Waals surface area contributed by atoms with Gasteiger partial charge in [-0.15, -0.1) is 0 Å². The van der Waals surface area contributed by atoms with Gasteiger partial charge in [0.2, 0.25) is 11.9 Å². The van der Waals surface area contributed by atoms with Crippen LogP contribution >= 0.6 is 0 Å². The number of nitrogens with one attached hydrogen (secondary N) is 2. The third-order valence-electron chi connectivity index (χ3n) is 6.73. The van der Waals surface area contributed by atoms with E-state index in [1.165, 1.54) is 6.92 Å². The maximum atomic E-state index is 11.4. The third-order valence-corrected chi connectivity index (χ3v) is 6.73. The highest BCUT2D eigenvalue weighted by atomic mass is 16.5. The zero-order valence-corrected chi connectivity index (χ0v) is 22.6. The molecule has 12 nitrogen and oxygen atoms in total. The summed E-state index contributed by atoms with van der Waals surface area (Å²) in [6.07, 6.45) is 4.74. The van der Waals surface area contributed by atoms with Gasteiger partial charge in [0.1, 0.15) is 11.6 Å². The largest absolute Gasteiger partial charge is 0.455 e. The Balaban J connectivity index is 1.48. The van der Waals surface area contributed by atoms with Crippen LogP contribution < -0.4 is 15.4 Å². The van der Waals surface area contributed by atoms with Crippen molar-refractivity contribution in [3.8, 4) is 17.6 Å². The number of nitrogens with zero attached hydrogens (tertiary/aromatic N) is 7. The molecule has 1 fully saturated rings. The summed E-state index contributed by atoms with van der Waals surface area (Å²) in [6.45, 7) is 8.48. The number of carbonyl (C=O) groups excluding carboxylic acids is 1. The first-order valence-corrected chi connectivity index (χ1v) is 12.8. The molecule has 4 aromatic heterocycles. The van der Waals surface area contributed by atoms with Crippen molar-refractivity contribution in [1.29, 1.82) is 5.26 Å². The molecule has 0 radical (unpaired) electrons. The van der Waals surface area contributed by atoms with Crippen LogP contribution in [0.2, 0.25) is 0 Å². The second-order valence-electron chi connectivity index (χ2n) is 10.0. The van der Waals surface area contributed by atoms with Gasteiger partial charge in [-0.2, -0.15) is 15.3 Å². The van der Waals surface area contributed by atoms with Crippen molar-refractivity contribution in [2.24, 2.45) is 7.05 Å². The molecule has 0 unspecified atom stereocenters. The van der Waals surface area contributed by atoms with E-state index >= 15 is 0 Å². The molecule has 1 aliphatic heterocycles. The quantitative estimate of drug-likeness (QED) is 0.340. The number of hydrogen-bond donors (Lipinski definition) is 2. The number of fused-ring (bicyclic) bond motifs is 1. The number of aryl methyl sites for hydroxylation is 2. The molecule has 5 rings (SSSR count). The SMILES string of the molecule is CCc1c(Oc2ccnc(NC(C)=O)c2)cnc2nc(Nc3cc(C(C)(C)C#N)n([C@@H]4CCOC4)n3)n(C)c12. The molecule has 12 heteroatoms. The van der Waals surface area contributed by atoms with E-state index in [4.69, 9.17) is 19.6 Å². The minimum absolute atomic E-state index is 0.0797. The molecular weight excluding hydrogens is 498 g/mol. The van der Waals surface area contributed by atoms with Crippen molar-refractivity contribution in [1.82, 2.24) is 29.3 Å². The van der Waals surface area contributed by atoms with Gasteiger partial charge in [0.25, 0.3) is 0 Å². The zero-order valence-electron chi connectivity index (χ0n) is 22.6. The second-order valence-corrected chi connectivity index (χ2v) is 10.0. The first-order valence-electron chi connectivity index (χ1n) is 12.8. The van der Waals surface area contributed by atoms with Crippen LogP contribution in [0.4, 0.5) is 17.6 Å². The number of hydrogen-bond acceptors (Lipinski definition) is 9. The molecule has 0 spiro atoms. The van der Waals surface area contributed by atoms with E-state index < -0.39 is 5.41 Å². The summed E-state index contributed by atoms with van der Waals surface area (Å²) in [5, 5.41) is 20.6. The number of anilines is 3. The summed E-state index contributed by atoms with van der Waals surface area (Å²) < 4.78 is 15.6. The predicted octanol–water partition coefficient (Wildman–Crippen LogP) is 4.38. The number of nitriles is 1. The molecule has 1 amide bonds. The number of ether oxygens (including phenoxy) is 2. The first-order chi connectivity index (χ1) is 18.7. The van der Waals surface area contributed by atoms with Gasteiger partial charge in [0.05, 0.1) is 41.5 Å². The van der Waals surface area contributed by atoms with Crippen molar-refractivity contribution in [3.63, 3.8) is 0 Å². The summed E-state index contributed by atoms with van der Waals surface area (Å²) in [4.78, 5) is 24.8. The predicted molar refractivity (Wildman–Crippen MR) is 145 cm³/mol. The molecule has 5 heterocycles. The minimum atomic E-state index is -0.724. The normalized spacial score (nSPS) is 15.3. The number of pyridine rings is 2. The molecule has 1 atom stereocenters. The Hall–Kier alpha value is -4.50. The number of aromatic nitrogens is 6. The van der Waals surface area contributed by atoms with Gasteiger partial charge in [-0.25, -0.2) is 9.97 Å². The van der Waals surface area contributed by atoms with Gasteiger partial charge >= 0.3 is 0 Å². The van der Waals surface area contributed by atoms with E-state index in [0.717, 1.165) is 23.2 Å². The summed E-state index contributed by atoms with van der Waals surface area (Å²) in [5.74, 6) is 2.46. The van der Waals surface area contributed by atoms with E-state index in [1.807, 2.05) is 43.1 Å². The van der Waals surface area contributed by atoms with Crippen LogP contribution in [0.15, 0.2) is 30.6 Å². The monoisotopic (exact) mass is 529 g/mol. The van der Waals surface area contributed by atoms with Crippen LogP contribution in [0.25, 0.3) is 11.2 Å². The van der Waals surface area contributed by atoms with E-state index in [2.05, 4.69) is 26.7 Å². The Bertz CT molecular complexity index is 1580. The zero-order chi connectivity index (χ0) is 27.7. The lowest BCUT2D eigenvalue weighted by atomic mass is 9.91. The summed E-state index contributed by atoms with van der Waals surface area (Å²) in [6, 6.07) is 7.75.